The number of hydrogen-bond donors (Lipinski definition) is 0. The third-order valence-electron chi connectivity index (χ3n) is 3.90. The van der Waals surface area contributed by atoms with Crippen LogP contribution in [0, 0.1) is 5.82 Å². The van der Waals surface area contributed by atoms with E-state index in [1.54, 1.807) is 29.3 Å². The van der Waals surface area contributed by atoms with Gasteiger partial charge in [0.1, 0.15) is 5.82 Å². The highest BCUT2D eigenvalue weighted by Crippen LogP contribution is 2.39. The average Bonchev–Trinajstić information content (AvgIpc) is 2.65. The molecular weight excluding hydrogens is 417 g/mol. The lowest BCUT2D eigenvalue weighted by molar-refractivity contribution is -0.114. The Hall–Kier alpha value is -1.99. The van der Waals surface area contributed by atoms with Crippen molar-refractivity contribution in [3.8, 4) is 0 Å². The molecule has 0 atom stereocenters. The smallest absolute Gasteiger partial charge is 0.258 e. The topological polar surface area (TPSA) is 46.1 Å². The Bertz CT molecular complexity index is 896. The molecule has 1 aliphatic rings. The highest BCUT2D eigenvalue weighted by Gasteiger charge is 2.32. The molecule has 0 radical (unpaired) electrons. The summed E-state index contributed by atoms with van der Waals surface area (Å²) in [6.45, 7) is 1.99. The molecule has 1 aromatic carbocycles. The van der Waals surface area contributed by atoms with E-state index in [2.05, 4.69) is 25.9 Å². The van der Waals surface area contributed by atoms with Gasteiger partial charge >= 0.3 is 0 Å². The predicted octanol–water partition coefficient (Wildman–Crippen LogP) is 5.17. The third-order valence-corrected chi connectivity index (χ3v) is 5.12. The van der Waals surface area contributed by atoms with Gasteiger partial charge in [0.2, 0.25) is 0 Å². The first-order chi connectivity index (χ1) is 12.5. The highest BCUT2D eigenvalue weighted by atomic mass is 79.9. The highest BCUT2D eigenvalue weighted by molar-refractivity contribution is 9.11. The summed E-state index contributed by atoms with van der Waals surface area (Å²) in [4.78, 5) is 23.5. The van der Waals surface area contributed by atoms with Gasteiger partial charge in [-0.3, -0.25) is 9.69 Å². The van der Waals surface area contributed by atoms with Gasteiger partial charge in [0, 0.05) is 28.4 Å². The Labute approximate surface area is 164 Å². The molecule has 0 fully saturated rings. The lowest BCUT2D eigenvalue weighted by Crippen LogP contribution is -2.35. The Morgan fingerprint density at radius 1 is 1.31 bits per heavy atom. The molecule has 0 aliphatic carbocycles. The second-order valence-corrected chi connectivity index (χ2v) is 7.34. The second-order valence-electron chi connectivity index (χ2n) is 5.61. The van der Waals surface area contributed by atoms with Gasteiger partial charge in [-0.15, -0.1) is 0 Å². The predicted molar refractivity (Wildman–Crippen MR) is 107 cm³/mol. The van der Waals surface area contributed by atoms with Crippen molar-refractivity contribution in [3.63, 3.8) is 0 Å². The van der Waals surface area contributed by atoms with Gasteiger partial charge in [-0.2, -0.15) is 0 Å². The van der Waals surface area contributed by atoms with E-state index in [0.29, 0.717) is 34.2 Å². The van der Waals surface area contributed by atoms with Crippen LogP contribution < -0.4 is 4.90 Å². The fourth-order valence-corrected chi connectivity index (χ4v) is 3.80. The lowest BCUT2D eigenvalue weighted by Gasteiger charge is -2.31. The van der Waals surface area contributed by atoms with Crippen LogP contribution in [0.25, 0.3) is 5.70 Å². The summed E-state index contributed by atoms with van der Waals surface area (Å²) in [6, 6.07) is 7.66. The fraction of sp³-hybridized carbons (Fsp3) is 0.211. The average molecular weight is 434 g/mol. The van der Waals surface area contributed by atoms with Crippen LogP contribution in [0.1, 0.15) is 25.5 Å². The first kappa shape index (κ1) is 18.8. The maximum Gasteiger partial charge on any atom is 0.258 e. The van der Waals surface area contributed by atoms with Crippen molar-refractivity contribution in [1.82, 2.24) is 9.97 Å². The monoisotopic (exact) mass is 433 g/mol. The number of allylic oxidation sites excluding steroid dienone is 2. The molecule has 26 heavy (non-hydrogen) atoms. The third kappa shape index (κ3) is 3.73. The van der Waals surface area contributed by atoms with E-state index in [1.807, 2.05) is 19.3 Å². The number of nitrogens with zero attached hydrogens (tertiary/aromatic N) is 3. The minimum Gasteiger partial charge on any atom is -0.274 e. The number of thioether (sulfide) groups is 1. The van der Waals surface area contributed by atoms with E-state index in [-0.39, 0.29) is 11.7 Å². The molecule has 0 N–H and O–H groups in total. The lowest BCUT2D eigenvalue weighted by atomic mass is 10.0. The van der Waals surface area contributed by atoms with Gasteiger partial charge in [-0.1, -0.05) is 40.7 Å². The van der Waals surface area contributed by atoms with Gasteiger partial charge in [0.05, 0.1) is 11.4 Å². The first-order valence-electron chi connectivity index (χ1n) is 8.10. The summed E-state index contributed by atoms with van der Waals surface area (Å²) in [5, 5.41) is 0.622. The molecule has 4 nitrogen and oxygen atoms in total. The van der Waals surface area contributed by atoms with Gasteiger partial charge < -0.3 is 0 Å². The first-order valence-corrected chi connectivity index (χ1v) is 10.1. The van der Waals surface area contributed by atoms with Gasteiger partial charge in [-0.25, -0.2) is 14.4 Å². The standard InChI is InChI=1S/C19H17BrFN3OS/c1-3-4-12-11-15(20)17(16-9-10-22-19(23-16)26-2)24(18(12)25)14-7-5-13(21)6-8-14/h4-10H,3,11H2,1-2H3/b12-4-. The van der Waals surface area contributed by atoms with Crippen molar-refractivity contribution >= 4 is 45.0 Å². The minimum absolute atomic E-state index is 0.124. The number of hydrogen-bond acceptors (Lipinski definition) is 4. The van der Waals surface area contributed by atoms with Crippen molar-refractivity contribution in [2.75, 3.05) is 11.2 Å². The van der Waals surface area contributed by atoms with Gasteiger partial charge in [0.25, 0.3) is 5.91 Å². The molecule has 2 aromatic rings. The number of aromatic nitrogens is 2. The number of carbonyl (C=O) groups is 1. The zero-order valence-corrected chi connectivity index (χ0v) is 16.8. The van der Waals surface area contributed by atoms with Crippen LogP contribution in [0.3, 0.4) is 0 Å². The molecule has 3 rings (SSSR count). The van der Waals surface area contributed by atoms with Crippen LogP contribution in [0.5, 0.6) is 0 Å². The van der Waals surface area contributed by atoms with Crippen LogP contribution >= 0.6 is 27.7 Å². The Morgan fingerprint density at radius 2 is 2.04 bits per heavy atom. The number of rotatable bonds is 4. The van der Waals surface area contributed by atoms with Crippen LogP contribution in [-0.2, 0) is 4.79 Å². The quantitative estimate of drug-likeness (QED) is 0.378. The zero-order valence-electron chi connectivity index (χ0n) is 14.4. The molecule has 0 bridgehead atoms. The molecule has 2 heterocycles. The molecule has 1 amide bonds. The molecule has 0 unspecified atom stereocenters. The number of halogens is 2. The maximum atomic E-state index is 13.4. The van der Waals surface area contributed by atoms with Crippen LogP contribution in [-0.4, -0.2) is 22.1 Å². The number of benzene rings is 1. The Morgan fingerprint density at radius 3 is 2.69 bits per heavy atom. The zero-order chi connectivity index (χ0) is 18.7. The van der Waals surface area contributed by atoms with Crippen molar-refractivity contribution in [2.45, 2.75) is 24.9 Å². The molecule has 0 saturated heterocycles. The molecule has 1 aromatic heterocycles. The molecule has 0 spiro atoms. The molecule has 0 saturated carbocycles. The largest absolute Gasteiger partial charge is 0.274 e. The normalized spacial score (nSPS) is 16.5. The van der Waals surface area contributed by atoms with Crippen molar-refractivity contribution in [3.05, 3.63) is 64.2 Å². The summed E-state index contributed by atoms with van der Waals surface area (Å²) in [6.07, 6.45) is 6.75. The Balaban J connectivity index is 2.19. The van der Waals surface area contributed by atoms with Crippen molar-refractivity contribution < 1.29 is 9.18 Å². The second kappa shape index (κ2) is 8.14. The molecule has 134 valence electrons. The fourth-order valence-electron chi connectivity index (χ4n) is 2.76. The number of carbonyl (C=O) groups excluding carboxylic acids is 1. The van der Waals surface area contributed by atoms with E-state index >= 15 is 0 Å². The molecule has 1 aliphatic heterocycles. The summed E-state index contributed by atoms with van der Waals surface area (Å²) >= 11 is 5.06. The summed E-state index contributed by atoms with van der Waals surface area (Å²) in [5.74, 6) is -0.472. The van der Waals surface area contributed by atoms with Crippen molar-refractivity contribution in [2.24, 2.45) is 0 Å². The van der Waals surface area contributed by atoms with Crippen LogP contribution in [0.15, 0.2) is 57.8 Å². The van der Waals surface area contributed by atoms with E-state index in [9.17, 15) is 9.18 Å². The molecule has 7 heteroatoms. The van der Waals surface area contributed by atoms with E-state index in [4.69, 9.17) is 0 Å². The van der Waals surface area contributed by atoms with E-state index in [0.717, 1.165) is 10.9 Å². The van der Waals surface area contributed by atoms with E-state index in [1.165, 1.54) is 23.9 Å². The van der Waals surface area contributed by atoms with Crippen molar-refractivity contribution in [1.29, 1.82) is 0 Å². The summed E-state index contributed by atoms with van der Waals surface area (Å²) in [7, 11) is 0. The number of amides is 1. The summed E-state index contributed by atoms with van der Waals surface area (Å²) in [5.41, 5.74) is 2.60. The maximum absolute atomic E-state index is 13.4. The van der Waals surface area contributed by atoms with Gasteiger partial charge in [-0.05, 0) is 43.0 Å². The van der Waals surface area contributed by atoms with Crippen LogP contribution in [0.4, 0.5) is 10.1 Å². The SMILES string of the molecule is CC/C=C1/CC(Br)=C(c2ccnc(SC)n2)N(c2ccc(F)cc2)C1=O. The Kier molecular flexibility index (Phi) is 5.88. The summed E-state index contributed by atoms with van der Waals surface area (Å²) < 4.78 is 14.2. The van der Waals surface area contributed by atoms with Gasteiger partial charge in [0.15, 0.2) is 5.16 Å². The van der Waals surface area contributed by atoms with E-state index < -0.39 is 0 Å². The molecular formula is C19H17BrFN3OS. The minimum atomic E-state index is -0.348. The number of anilines is 1. The van der Waals surface area contributed by atoms with Crippen LogP contribution in [0.2, 0.25) is 0 Å².